The molecule has 2 heterocycles. The van der Waals surface area contributed by atoms with Crippen LogP contribution >= 0.6 is 0 Å². The van der Waals surface area contributed by atoms with Crippen molar-refractivity contribution in [2.24, 2.45) is 0 Å². The summed E-state index contributed by atoms with van der Waals surface area (Å²) < 4.78 is 16.4. The van der Waals surface area contributed by atoms with Crippen LogP contribution in [-0.2, 0) is 9.53 Å². The van der Waals surface area contributed by atoms with Crippen molar-refractivity contribution in [3.05, 3.63) is 23.8 Å². The average molecular weight is 306 g/mol. The number of benzene rings is 1. The van der Waals surface area contributed by atoms with Gasteiger partial charge in [0.15, 0.2) is 11.5 Å². The van der Waals surface area contributed by atoms with Crippen molar-refractivity contribution < 1.29 is 19.0 Å². The molecule has 0 bridgehead atoms. The fourth-order valence-electron chi connectivity index (χ4n) is 2.69. The molecule has 1 saturated heterocycles. The van der Waals surface area contributed by atoms with E-state index in [0.29, 0.717) is 32.8 Å². The van der Waals surface area contributed by atoms with Crippen molar-refractivity contribution >= 4 is 5.91 Å². The third-order valence-corrected chi connectivity index (χ3v) is 3.87. The summed E-state index contributed by atoms with van der Waals surface area (Å²) in [4.78, 5) is 12.1. The molecule has 0 spiro atoms. The molecule has 2 atom stereocenters. The maximum Gasteiger partial charge on any atom is 0.222 e. The summed E-state index contributed by atoms with van der Waals surface area (Å²) in [6, 6.07) is 5.80. The Morgan fingerprint density at radius 1 is 1.32 bits per heavy atom. The van der Waals surface area contributed by atoms with Crippen LogP contribution in [0.5, 0.6) is 11.5 Å². The number of hydrogen-bond donors (Lipinski definition) is 2. The molecule has 0 saturated carbocycles. The van der Waals surface area contributed by atoms with Gasteiger partial charge in [0.25, 0.3) is 0 Å². The molecular weight excluding hydrogens is 284 g/mol. The minimum atomic E-state index is -0.0761. The van der Waals surface area contributed by atoms with E-state index in [4.69, 9.17) is 14.2 Å². The highest BCUT2D eigenvalue weighted by Gasteiger charge is 2.19. The van der Waals surface area contributed by atoms with Gasteiger partial charge in [-0.2, -0.15) is 0 Å². The van der Waals surface area contributed by atoms with Gasteiger partial charge >= 0.3 is 0 Å². The summed E-state index contributed by atoms with van der Waals surface area (Å²) in [5, 5.41) is 6.30. The second-order valence-corrected chi connectivity index (χ2v) is 5.62. The van der Waals surface area contributed by atoms with Crippen molar-refractivity contribution in [1.29, 1.82) is 0 Å². The highest BCUT2D eigenvalue weighted by Crippen LogP contribution is 2.32. The SMILES string of the molecule is CC(NC(=O)CC1COCCN1)c1ccc2c(c1)OCCO2. The maximum atomic E-state index is 12.1. The van der Waals surface area contributed by atoms with Crippen LogP contribution in [0, 0.1) is 0 Å². The van der Waals surface area contributed by atoms with Gasteiger partial charge in [0.05, 0.1) is 19.3 Å². The second kappa shape index (κ2) is 6.98. The summed E-state index contributed by atoms with van der Waals surface area (Å²) >= 11 is 0. The average Bonchev–Trinajstić information content (AvgIpc) is 2.55. The van der Waals surface area contributed by atoms with Crippen LogP contribution in [0.4, 0.5) is 0 Å². The summed E-state index contributed by atoms with van der Waals surface area (Å²) in [5.74, 6) is 1.52. The predicted molar refractivity (Wildman–Crippen MR) is 81.2 cm³/mol. The molecule has 3 rings (SSSR count). The second-order valence-electron chi connectivity index (χ2n) is 5.62. The van der Waals surface area contributed by atoms with E-state index in [9.17, 15) is 4.79 Å². The quantitative estimate of drug-likeness (QED) is 0.869. The number of amides is 1. The van der Waals surface area contributed by atoms with Crippen LogP contribution in [0.2, 0.25) is 0 Å². The summed E-state index contributed by atoms with van der Waals surface area (Å²) in [6.45, 7) is 5.21. The Bertz CT molecular complexity index is 529. The van der Waals surface area contributed by atoms with E-state index in [1.54, 1.807) is 0 Å². The first kappa shape index (κ1) is 15.1. The number of ether oxygens (including phenoxy) is 3. The standard InChI is InChI=1S/C16H22N2O4/c1-11(18-16(19)9-13-10-20-5-4-17-13)12-2-3-14-15(8-12)22-7-6-21-14/h2-3,8,11,13,17H,4-7,9-10H2,1H3,(H,18,19). The minimum Gasteiger partial charge on any atom is -0.486 e. The van der Waals surface area contributed by atoms with Crippen LogP contribution in [0.1, 0.15) is 24.9 Å². The van der Waals surface area contributed by atoms with E-state index in [2.05, 4.69) is 10.6 Å². The Hall–Kier alpha value is -1.79. The van der Waals surface area contributed by atoms with Crippen LogP contribution < -0.4 is 20.1 Å². The number of nitrogens with one attached hydrogen (secondary N) is 2. The zero-order valence-electron chi connectivity index (χ0n) is 12.8. The van der Waals surface area contributed by atoms with E-state index in [1.807, 2.05) is 25.1 Å². The molecule has 1 amide bonds. The molecular formula is C16H22N2O4. The van der Waals surface area contributed by atoms with E-state index < -0.39 is 0 Å². The van der Waals surface area contributed by atoms with Gasteiger partial charge in [-0.1, -0.05) is 6.07 Å². The van der Waals surface area contributed by atoms with E-state index in [0.717, 1.165) is 23.6 Å². The Kier molecular flexibility index (Phi) is 4.80. The zero-order valence-corrected chi connectivity index (χ0v) is 12.8. The maximum absolute atomic E-state index is 12.1. The molecule has 0 radical (unpaired) electrons. The smallest absolute Gasteiger partial charge is 0.222 e. The molecule has 0 aliphatic carbocycles. The largest absolute Gasteiger partial charge is 0.486 e. The number of carbonyl (C=O) groups is 1. The van der Waals surface area contributed by atoms with Gasteiger partial charge < -0.3 is 24.8 Å². The number of morpholine rings is 1. The highest BCUT2D eigenvalue weighted by molar-refractivity contribution is 5.77. The lowest BCUT2D eigenvalue weighted by molar-refractivity contribution is -0.122. The number of hydrogen-bond acceptors (Lipinski definition) is 5. The fraction of sp³-hybridized carbons (Fsp3) is 0.562. The highest BCUT2D eigenvalue weighted by atomic mass is 16.6. The van der Waals surface area contributed by atoms with Gasteiger partial charge in [0, 0.05) is 19.0 Å². The molecule has 2 unspecified atom stereocenters. The van der Waals surface area contributed by atoms with E-state index >= 15 is 0 Å². The Balaban J connectivity index is 1.56. The van der Waals surface area contributed by atoms with E-state index in [1.165, 1.54) is 0 Å². The van der Waals surface area contributed by atoms with Gasteiger partial charge in [-0.25, -0.2) is 0 Å². The van der Waals surface area contributed by atoms with Crippen LogP contribution in [0.25, 0.3) is 0 Å². The summed E-state index contributed by atoms with van der Waals surface area (Å²) in [6.07, 6.45) is 0.425. The Morgan fingerprint density at radius 2 is 2.14 bits per heavy atom. The fourth-order valence-corrected chi connectivity index (χ4v) is 2.69. The first-order valence-corrected chi connectivity index (χ1v) is 7.72. The lowest BCUT2D eigenvalue weighted by atomic mass is 10.1. The van der Waals surface area contributed by atoms with Crippen molar-refractivity contribution in [3.63, 3.8) is 0 Å². The first-order chi connectivity index (χ1) is 10.7. The first-order valence-electron chi connectivity index (χ1n) is 7.72. The van der Waals surface area contributed by atoms with Gasteiger partial charge in [0.2, 0.25) is 5.91 Å². The molecule has 1 aromatic carbocycles. The van der Waals surface area contributed by atoms with Crippen LogP contribution in [0.3, 0.4) is 0 Å². The molecule has 120 valence electrons. The number of rotatable bonds is 4. The van der Waals surface area contributed by atoms with Crippen molar-refractivity contribution in [3.8, 4) is 11.5 Å². The summed E-state index contributed by atoms with van der Waals surface area (Å²) in [7, 11) is 0. The number of carbonyl (C=O) groups excluding carboxylic acids is 1. The Labute approximate surface area is 130 Å². The molecule has 0 aromatic heterocycles. The normalized spacial score (nSPS) is 22.0. The number of fused-ring (bicyclic) bond motifs is 1. The minimum absolute atomic E-state index is 0.0189. The molecule has 6 nitrogen and oxygen atoms in total. The molecule has 2 aliphatic heterocycles. The van der Waals surface area contributed by atoms with Gasteiger partial charge in [-0.15, -0.1) is 0 Å². The zero-order chi connectivity index (χ0) is 15.4. The molecule has 6 heteroatoms. The lowest BCUT2D eigenvalue weighted by Gasteiger charge is -2.24. The molecule has 1 aromatic rings. The topological polar surface area (TPSA) is 68.8 Å². The van der Waals surface area contributed by atoms with Crippen molar-refractivity contribution in [2.75, 3.05) is 33.0 Å². The van der Waals surface area contributed by atoms with Gasteiger partial charge in [0.1, 0.15) is 13.2 Å². The van der Waals surface area contributed by atoms with Gasteiger partial charge in [-0.3, -0.25) is 4.79 Å². The molecule has 2 N–H and O–H groups in total. The molecule has 2 aliphatic rings. The van der Waals surface area contributed by atoms with Crippen molar-refractivity contribution in [2.45, 2.75) is 25.4 Å². The molecule has 22 heavy (non-hydrogen) atoms. The summed E-state index contributed by atoms with van der Waals surface area (Å²) in [5.41, 5.74) is 1.01. The predicted octanol–water partition coefficient (Wildman–Crippen LogP) is 1.01. The third kappa shape index (κ3) is 3.69. The third-order valence-electron chi connectivity index (χ3n) is 3.87. The van der Waals surface area contributed by atoms with Gasteiger partial charge in [-0.05, 0) is 24.6 Å². The van der Waals surface area contributed by atoms with Crippen LogP contribution in [0.15, 0.2) is 18.2 Å². The van der Waals surface area contributed by atoms with E-state index in [-0.39, 0.29) is 18.0 Å². The monoisotopic (exact) mass is 306 g/mol. The Morgan fingerprint density at radius 3 is 2.91 bits per heavy atom. The van der Waals surface area contributed by atoms with Crippen LogP contribution in [-0.4, -0.2) is 44.9 Å². The molecule has 1 fully saturated rings. The van der Waals surface area contributed by atoms with Crippen molar-refractivity contribution in [1.82, 2.24) is 10.6 Å². The lowest BCUT2D eigenvalue weighted by Crippen LogP contribution is -2.44.